The van der Waals surface area contributed by atoms with Gasteiger partial charge in [0.2, 0.25) is 0 Å². The Morgan fingerprint density at radius 1 is 1.55 bits per heavy atom. The van der Waals surface area contributed by atoms with Gasteiger partial charge in [0.1, 0.15) is 18.3 Å². The van der Waals surface area contributed by atoms with Crippen molar-refractivity contribution in [1.82, 2.24) is 0 Å². The lowest BCUT2D eigenvalue weighted by molar-refractivity contribution is -0.151. The number of carbonyl (C=O) groups excluding carboxylic acids is 2. The highest BCUT2D eigenvalue weighted by atomic mass is 16.5. The minimum Gasteiger partial charge on any atom is -0.460 e. The molecule has 11 heavy (non-hydrogen) atoms. The molecule has 0 amide bonds. The van der Waals surface area contributed by atoms with Gasteiger partial charge in [-0.1, -0.05) is 0 Å². The second kappa shape index (κ2) is 4.85. The summed E-state index contributed by atoms with van der Waals surface area (Å²) in [6.45, 7) is 2.65. The summed E-state index contributed by atoms with van der Waals surface area (Å²) in [7, 11) is 0. The molecule has 0 saturated carbocycles. The number of Topliss-reactive ketones (excluding diaryl/α,β-unsaturated/α-hetero) is 1. The molecule has 0 radical (unpaired) electrons. The van der Waals surface area contributed by atoms with Gasteiger partial charge in [-0.3, -0.25) is 9.59 Å². The van der Waals surface area contributed by atoms with E-state index in [2.05, 4.69) is 4.74 Å². The molecule has 1 atom stereocenters. The fraction of sp³-hybridized carbons (Fsp3) is 0.714. The highest BCUT2D eigenvalue weighted by Gasteiger charge is 2.09. The van der Waals surface area contributed by atoms with E-state index in [1.165, 1.54) is 6.92 Å². The average molecular weight is 160 g/mol. The fourth-order valence-corrected chi connectivity index (χ4v) is 0.507. The summed E-state index contributed by atoms with van der Waals surface area (Å²) in [4.78, 5) is 21.0. The van der Waals surface area contributed by atoms with Crippen LogP contribution in [-0.2, 0) is 14.3 Å². The minimum atomic E-state index is -0.584. The molecular weight excluding hydrogens is 148 g/mol. The van der Waals surface area contributed by atoms with Crippen LogP contribution < -0.4 is 0 Å². The highest BCUT2D eigenvalue weighted by Crippen LogP contribution is 1.93. The largest absolute Gasteiger partial charge is 0.460 e. The Balaban J connectivity index is 3.60. The van der Waals surface area contributed by atoms with Gasteiger partial charge in [0.05, 0.1) is 6.61 Å². The molecule has 0 heterocycles. The van der Waals surface area contributed by atoms with E-state index in [1.807, 2.05) is 0 Å². The number of esters is 1. The second-order valence-corrected chi connectivity index (χ2v) is 2.36. The SMILES string of the molecule is CC(=O)CC(=O)OC(C)CO. The molecule has 0 aliphatic carbocycles. The van der Waals surface area contributed by atoms with Crippen LogP contribution in [0.15, 0.2) is 0 Å². The maximum absolute atomic E-state index is 10.7. The predicted octanol–water partition coefficient (Wildman–Crippen LogP) is -0.110. The van der Waals surface area contributed by atoms with Crippen LogP contribution in [0, 0.1) is 0 Å². The first-order valence-electron chi connectivity index (χ1n) is 3.36. The maximum atomic E-state index is 10.7. The van der Waals surface area contributed by atoms with Gasteiger partial charge in [-0.15, -0.1) is 0 Å². The quantitative estimate of drug-likeness (QED) is 0.460. The third-order valence-corrected chi connectivity index (χ3v) is 0.983. The van der Waals surface area contributed by atoms with Crippen molar-refractivity contribution < 1.29 is 19.4 Å². The molecule has 0 fully saturated rings. The molecule has 0 bridgehead atoms. The zero-order valence-electron chi connectivity index (χ0n) is 6.66. The summed E-state index contributed by atoms with van der Waals surface area (Å²) in [6, 6.07) is 0. The Morgan fingerprint density at radius 2 is 2.09 bits per heavy atom. The highest BCUT2D eigenvalue weighted by molar-refractivity contribution is 5.94. The van der Waals surface area contributed by atoms with Gasteiger partial charge in [0.15, 0.2) is 0 Å². The Labute approximate surface area is 65.2 Å². The number of hydrogen-bond acceptors (Lipinski definition) is 4. The number of ether oxygens (including phenoxy) is 1. The molecule has 64 valence electrons. The summed E-state index contributed by atoms with van der Waals surface area (Å²) in [6.07, 6.45) is -0.744. The van der Waals surface area contributed by atoms with Crippen molar-refractivity contribution in [3.63, 3.8) is 0 Å². The second-order valence-electron chi connectivity index (χ2n) is 2.36. The van der Waals surface area contributed by atoms with Crippen LogP contribution in [-0.4, -0.2) is 29.6 Å². The zero-order chi connectivity index (χ0) is 8.85. The zero-order valence-corrected chi connectivity index (χ0v) is 6.66. The number of aliphatic hydroxyl groups excluding tert-OH is 1. The third-order valence-electron chi connectivity index (χ3n) is 0.983. The normalized spacial score (nSPS) is 12.3. The average Bonchev–Trinajstić information content (AvgIpc) is 1.85. The lowest BCUT2D eigenvalue weighted by Crippen LogP contribution is -2.19. The van der Waals surface area contributed by atoms with Crippen LogP contribution in [0.4, 0.5) is 0 Å². The molecule has 0 aromatic carbocycles. The molecule has 0 saturated heterocycles. The fourth-order valence-electron chi connectivity index (χ4n) is 0.507. The van der Waals surface area contributed by atoms with Gasteiger partial charge in [-0.25, -0.2) is 0 Å². The summed E-state index contributed by atoms with van der Waals surface area (Å²) in [5.41, 5.74) is 0. The maximum Gasteiger partial charge on any atom is 0.313 e. The van der Waals surface area contributed by atoms with Gasteiger partial charge in [0, 0.05) is 0 Å². The van der Waals surface area contributed by atoms with Crippen LogP contribution >= 0.6 is 0 Å². The summed E-state index contributed by atoms with van der Waals surface area (Å²) in [5, 5.41) is 8.46. The summed E-state index contributed by atoms with van der Waals surface area (Å²) in [5.74, 6) is -0.820. The standard InChI is InChI=1S/C7H12O4/c1-5(9)3-7(10)11-6(2)4-8/h6,8H,3-4H2,1-2H3. The van der Waals surface area contributed by atoms with Crippen molar-refractivity contribution in [2.75, 3.05) is 6.61 Å². The van der Waals surface area contributed by atoms with Crippen molar-refractivity contribution in [1.29, 1.82) is 0 Å². The van der Waals surface area contributed by atoms with Crippen molar-refractivity contribution in [3.05, 3.63) is 0 Å². The van der Waals surface area contributed by atoms with Crippen LogP contribution in [0.2, 0.25) is 0 Å². The van der Waals surface area contributed by atoms with Crippen molar-refractivity contribution in [3.8, 4) is 0 Å². The first-order valence-corrected chi connectivity index (χ1v) is 3.36. The third kappa shape index (κ3) is 5.54. The Kier molecular flexibility index (Phi) is 4.45. The number of rotatable bonds is 4. The molecule has 0 spiro atoms. The Hall–Kier alpha value is -0.900. The van der Waals surface area contributed by atoms with E-state index in [0.717, 1.165) is 0 Å². The van der Waals surface area contributed by atoms with E-state index in [0.29, 0.717) is 0 Å². The molecule has 4 nitrogen and oxygen atoms in total. The van der Waals surface area contributed by atoms with E-state index >= 15 is 0 Å². The van der Waals surface area contributed by atoms with Crippen molar-refractivity contribution in [2.24, 2.45) is 0 Å². The van der Waals surface area contributed by atoms with E-state index < -0.39 is 12.1 Å². The topological polar surface area (TPSA) is 63.6 Å². The van der Waals surface area contributed by atoms with Gasteiger partial charge >= 0.3 is 5.97 Å². The smallest absolute Gasteiger partial charge is 0.313 e. The van der Waals surface area contributed by atoms with E-state index in [1.54, 1.807) is 6.92 Å². The number of hydrogen-bond donors (Lipinski definition) is 1. The molecule has 1 unspecified atom stereocenters. The predicted molar refractivity (Wildman–Crippen MR) is 37.9 cm³/mol. The summed E-state index contributed by atoms with van der Waals surface area (Å²) < 4.78 is 4.60. The lowest BCUT2D eigenvalue weighted by Gasteiger charge is -2.08. The van der Waals surface area contributed by atoms with E-state index in [-0.39, 0.29) is 18.8 Å². The summed E-state index contributed by atoms with van der Waals surface area (Å²) >= 11 is 0. The van der Waals surface area contributed by atoms with Gasteiger partial charge < -0.3 is 9.84 Å². The van der Waals surface area contributed by atoms with Gasteiger partial charge in [0.25, 0.3) is 0 Å². The van der Waals surface area contributed by atoms with Crippen LogP contribution in [0.1, 0.15) is 20.3 Å². The number of aliphatic hydroxyl groups is 1. The number of carbonyl (C=O) groups is 2. The van der Waals surface area contributed by atoms with Crippen molar-refractivity contribution >= 4 is 11.8 Å². The van der Waals surface area contributed by atoms with Gasteiger partial charge in [-0.05, 0) is 13.8 Å². The van der Waals surface area contributed by atoms with E-state index in [4.69, 9.17) is 5.11 Å². The lowest BCUT2D eigenvalue weighted by atomic mass is 10.3. The van der Waals surface area contributed by atoms with Crippen molar-refractivity contribution in [2.45, 2.75) is 26.4 Å². The molecule has 0 aromatic rings. The Morgan fingerprint density at radius 3 is 2.45 bits per heavy atom. The number of ketones is 1. The van der Waals surface area contributed by atoms with E-state index in [9.17, 15) is 9.59 Å². The first kappa shape index (κ1) is 10.1. The van der Waals surface area contributed by atoms with Crippen LogP contribution in [0.5, 0.6) is 0 Å². The molecule has 0 aliphatic rings. The molecule has 0 aliphatic heterocycles. The molecule has 4 heteroatoms. The van der Waals surface area contributed by atoms with Crippen LogP contribution in [0.3, 0.4) is 0 Å². The van der Waals surface area contributed by atoms with Crippen LogP contribution in [0.25, 0.3) is 0 Å². The molecular formula is C7H12O4. The van der Waals surface area contributed by atoms with Gasteiger partial charge in [-0.2, -0.15) is 0 Å². The monoisotopic (exact) mass is 160 g/mol. The molecule has 0 aromatic heterocycles. The minimum absolute atomic E-state index is 0.218. The Bertz CT molecular complexity index is 153. The molecule has 1 N–H and O–H groups in total. The first-order chi connectivity index (χ1) is 5.06. The molecule has 0 rings (SSSR count).